The zero-order valence-corrected chi connectivity index (χ0v) is 10.0. The van der Waals surface area contributed by atoms with Crippen molar-refractivity contribution >= 4 is 5.91 Å². The van der Waals surface area contributed by atoms with Crippen LogP contribution in [-0.2, 0) is 16.0 Å². The van der Waals surface area contributed by atoms with Gasteiger partial charge in [-0.2, -0.15) is 0 Å². The van der Waals surface area contributed by atoms with Crippen LogP contribution in [0.1, 0.15) is 23.3 Å². The van der Waals surface area contributed by atoms with Crippen LogP contribution in [0.2, 0.25) is 0 Å². The number of hydrazine groups is 1. The average molecular weight is 255 g/mol. The molecule has 1 amide bonds. The Morgan fingerprint density at radius 2 is 2.61 bits per heavy atom. The lowest BCUT2D eigenvalue weighted by Crippen LogP contribution is -2.30. The van der Waals surface area contributed by atoms with Gasteiger partial charge in [-0.15, -0.1) is 5.10 Å². The van der Waals surface area contributed by atoms with E-state index in [4.69, 9.17) is 15.3 Å². The second-order valence-electron chi connectivity index (χ2n) is 4.05. The van der Waals surface area contributed by atoms with Crippen molar-refractivity contribution in [3.63, 3.8) is 0 Å². The number of rotatable bonds is 6. The van der Waals surface area contributed by atoms with E-state index >= 15 is 0 Å². The standard InChI is InChI=1S/C10H17N5O3/c11-12-10(16)9-6-15(14-13-9)3-5-17-7-8-2-1-4-18-8/h6,8H,1-5,7,11H2,(H,12,16). The van der Waals surface area contributed by atoms with E-state index in [2.05, 4.69) is 10.3 Å². The van der Waals surface area contributed by atoms with Crippen LogP contribution in [0.25, 0.3) is 0 Å². The lowest BCUT2D eigenvalue weighted by atomic mass is 10.2. The molecular weight excluding hydrogens is 238 g/mol. The van der Waals surface area contributed by atoms with Gasteiger partial charge >= 0.3 is 0 Å². The summed E-state index contributed by atoms with van der Waals surface area (Å²) >= 11 is 0. The fourth-order valence-corrected chi connectivity index (χ4v) is 1.73. The summed E-state index contributed by atoms with van der Waals surface area (Å²) in [5, 5.41) is 7.48. The van der Waals surface area contributed by atoms with Crippen molar-refractivity contribution in [2.45, 2.75) is 25.5 Å². The molecule has 0 saturated carbocycles. The van der Waals surface area contributed by atoms with Crippen molar-refractivity contribution in [1.29, 1.82) is 0 Å². The van der Waals surface area contributed by atoms with E-state index in [0.29, 0.717) is 19.8 Å². The summed E-state index contributed by atoms with van der Waals surface area (Å²) in [4.78, 5) is 11.1. The second-order valence-corrected chi connectivity index (χ2v) is 4.05. The first kappa shape index (κ1) is 12.9. The van der Waals surface area contributed by atoms with Crippen molar-refractivity contribution in [1.82, 2.24) is 20.4 Å². The van der Waals surface area contributed by atoms with Gasteiger partial charge in [0.2, 0.25) is 0 Å². The Bertz CT molecular complexity index is 389. The zero-order valence-electron chi connectivity index (χ0n) is 10.0. The molecule has 1 aliphatic heterocycles. The zero-order chi connectivity index (χ0) is 12.8. The van der Waals surface area contributed by atoms with Gasteiger partial charge in [-0.25, -0.2) is 10.5 Å². The number of nitrogens with one attached hydrogen (secondary N) is 1. The highest BCUT2D eigenvalue weighted by atomic mass is 16.5. The van der Waals surface area contributed by atoms with E-state index in [1.165, 1.54) is 6.20 Å². The fourth-order valence-electron chi connectivity index (χ4n) is 1.73. The van der Waals surface area contributed by atoms with Gasteiger partial charge in [0, 0.05) is 6.61 Å². The lowest BCUT2D eigenvalue weighted by Gasteiger charge is -2.09. The molecule has 1 atom stereocenters. The largest absolute Gasteiger partial charge is 0.377 e. The third-order valence-electron chi connectivity index (χ3n) is 2.69. The monoisotopic (exact) mass is 255 g/mol. The summed E-state index contributed by atoms with van der Waals surface area (Å²) < 4.78 is 12.4. The number of carbonyl (C=O) groups is 1. The first-order chi connectivity index (χ1) is 8.79. The van der Waals surface area contributed by atoms with Gasteiger partial charge in [0.15, 0.2) is 5.69 Å². The van der Waals surface area contributed by atoms with Gasteiger partial charge in [0.1, 0.15) is 0 Å². The van der Waals surface area contributed by atoms with E-state index < -0.39 is 5.91 Å². The first-order valence-corrected chi connectivity index (χ1v) is 5.90. The third kappa shape index (κ3) is 3.49. The highest BCUT2D eigenvalue weighted by Gasteiger charge is 2.15. The molecule has 2 rings (SSSR count). The molecular formula is C10H17N5O3. The highest BCUT2D eigenvalue weighted by molar-refractivity contribution is 5.91. The summed E-state index contributed by atoms with van der Waals surface area (Å²) in [7, 11) is 0. The van der Waals surface area contributed by atoms with Gasteiger partial charge in [-0.1, -0.05) is 5.21 Å². The van der Waals surface area contributed by atoms with Crippen LogP contribution in [0, 0.1) is 0 Å². The van der Waals surface area contributed by atoms with E-state index in [-0.39, 0.29) is 11.8 Å². The minimum Gasteiger partial charge on any atom is -0.377 e. The topological polar surface area (TPSA) is 104 Å². The van der Waals surface area contributed by atoms with E-state index in [9.17, 15) is 4.79 Å². The molecule has 0 radical (unpaired) electrons. The SMILES string of the molecule is NNC(=O)c1cn(CCOCC2CCCO2)nn1. The van der Waals surface area contributed by atoms with E-state index in [0.717, 1.165) is 19.4 Å². The van der Waals surface area contributed by atoms with Crippen molar-refractivity contribution in [3.05, 3.63) is 11.9 Å². The van der Waals surface area contributed by atoms with Crippen molar-refractivity contribution in [3.8, 4) is 0 Å². The summed E-state index contributed by atoms with van der Waals surface area (Å²) in [6.45, 7) is 2.48. The van der Waals surface area contributed by atoms with Crippen LogP contribution >= 0.6 is 0 Å². The van der Waals surface area contributed by atoms with Gasteiger partial charge in [0.25, 0.3) is 5.91 Å². The Morgan fingerprint density at radius 3 is 3.33 bits per heavy atom. The maximum atomic E-state index is 11.1. The normalized spacial score (nSPS) is 19.1. The number of nitrogens with two attached hydrogens (primary N) is 1. The third-order valence-corrected chi connectivity index (χ3v) is 2.69. The van der Waals surface area contributed by atoms with Crippen LogP contribution in [0.15, 0.2) is 6.20 Å². The molecule has 0 bridgehead atoms. The van der Waals surface area contributed by atoms with Crippen LogP contribution in [0.5, 0.6) is 0 Å². The number of nitrogen functional groups attached to an aromatic ring is 1. The fraction of sp³-hybridized carbons (Fsp3) is 0.700. The molecule has 0 aliphatic carbocycles. The highest BCUT2D eigenvalue weighted by Crippen LogP contribution is 2.11. The molecule has 8 nitrogen and oxygen atoms in total. The molecule has 8 heteroatoms. The average Bonchev–Trinajstić information content (AvgIpc) is 3.05. The molecule has 1 saturated heterocycles. The molecule has 0 spiro atoms. The Hall–Kier alpha value is -1.51. The summed E-state index contributed by atoms with van der Waals surface area (Å²) in [6, 6.07) is 0. The lowest BCUT2D eigenvalue weighted by molar-refractivity contribution is 0.0141. The van der Waals surface area contributed by atoms with Gasteiger partial charge in [-0.3, -0.25) is 10.2 Å². The number of aromatic nitrogens is 3. The first-order valence-electron chi connectivity index (χ1n) is 5.90. The summed E-state index contributed by atoms with van der Waals surface area (Å²) in [6.07, 6.45) is 3.91. The number of nitrogens with zero attached hydrogens (tertiary/aromatic N) is 3. The minimum atomic E-state index is -0.457. The van der Waals surface area contributed by atoms with Crippen LogP contribution in [0.3, 0.4) is 0 Å². The number of amides is 1. The Balaban J connectivity index is 1.66. The molecule has 2 heterocycles. The second kappa shape index (κ2) is 6.43. The number of ether oxygens (including phenoxy) is 2. The summed E-state index contributed by atoms with van der Waals surface area (Å²) in [5.41, 5.74) is 2.19. The molecule has 100 valence electrons. The number of hydrogen-bond acceptors (Lipinski definition) is 6. The van der Waals surface area contributed by atoms with Crippen LogP contribution in [0.4, 0.5) is 0 Å². The molecule has 1 unspecified atom stereocenters. The summed E-state index contributed by atoms with van der Waals surface area (Å²) in [5.74, 6) is 4.53. The van der Waals surface area contributed by atoms with Gasteiger partial charge < -0.3 is 9.47 Å². The molecule has 18 heavy (non-hydrogen) atoms. The Kier molecular flexibility index (Phi) is 4.62. The number of hydrogen-bond donors (Lipinski definition) is 2. The predicted octanol–water partition coefficient (Wildman–Crippen LogP) is -0.923. The smallest absolute Gasteiger partial charge is 0.287 e. The van der Waals surface area contributed by atoms with Gasteiger partial charge in [0.05, 0.1) is 32.1 Å². The Morgan fingerprint density at radius 1 is 1.72 bits per heavy atom. The molecule has 1 aromatic heterocycles. The van der Waals surface area contributed by atoms with Crippen LogP contribution < -0.4 is 11.3 Å². The van der Waals surface area contributed by atoms with E-state index in [1.54, 1.807) is 4.68 Å². The number of carbonyl (C=O) groups excluding carboxylic acids is 1. The quantitative estimate of drug-likeness (QED) is 0.295. The molecule has 3 N–H and O–H groups in total. The maximum Gasteiger partial charge on any atom is 0.287 e. The maximum absolute atomic E-state index is 11.1. The minimum absolute atomic E-state index is 0.191. The van der Waals surface area contributed by atoms with Crippen molar-refractivity contribution in [2.75, 3.05) is 19.8 Å². The molecule has 0 aromatic carbocycles. The van der Waals surface area contributed by atoms with Gasteiger partial charge in [-0.05, 0) is 12.8 Å². The van der Waals surface area contributed by atoms with E-state index in [1.807, 2.05) is 5.43 Å². The molecule has 1 aromatic rings. The molecule has 1 aliphatic rings. The van der Waals surface area contributed by atoms with Crippen molar-refractivity contribution in [2.24, 2.45) is 5.84 Å². The van der Waals surface area contributed by atoms with Crippen LogP contribution in [-0.4, -0.2) is 46.8 Å². The predicted molar refractivity (Wildman–Crippen MR) is 61.5 cm³/mol. The molecule has 1 fully saturated rings. The Labute approximate surface area is 104 Å². The van der Waals surface area contributed by atoms with Crippen molar-refractivity contribution < 1.29 is 14.3 Å².